The minimum atomic E-state index is -0.0732. The Balaban J connectivity index is 2.61. The maximum absolute atomic E-state index is 5.40. The molecule has 0 radical (unpaired) electrons. The van der Waals surface area contributed by atoms with Gasteiger partial charge < -0.3 is 9.32 Å². The van der Waals surface area contributed by atoms with Gasteiger partial charge in [-0.05, 0) is 12.2 Å². The van der Waals surface area contributed by atoms with Gasteiger partial charge in [0.25, 0.3) is 10.7 Å². The lowest BCUT2D eigenvalue weighted by atomic mass is 9.91. The molecule has 0 amide bonds. The summed E-state index contributed by atoms with van der Waals surface area (Å²) in [5.74, 6) is 0.510. The van der Waals surface area contributed by atoms with E-state index in [1.807, 2.05) is 19.0 Å². The standard InChI is InChI=1S/C11H16N4OS2/c1-11(2,3)7-6(8-13-14-10(17)16-8)18-9(12-7)15(4)5/h1-5H3,(H,14,17). The summed E-state index contributed by atoms with van der Waals surface area (Å²) < 4.78 is 5.40. The van der Waals surface area contributed by atoms with Crippen molar-refractivity contribution in [3.8, 4) is 10.8 Å². The second-order valence-electron chi connectivity index (χ2n) is 5.24. The van der Waals surface area contributed by atoms with Crippen LogP contribution in [0, 0.1) is 4.84 Å². The van der Waals surface area contributed by atoms with Crippen molar-refractivity contribution in [2.24, 2.45) is 0 Å². The Morgan fingerprint density at radius 3 is 2.44 bits per heavy atom. The van der Waals surface area contributed by atoms with Crippen LogP contribution in [-0.4, -0.2) is 29.3 Å². The molecule has 0 fully saturated rings. The number of hydrogen-bond donors (Lipinski definition) is 1. The van der Waals surface area contributed by atoms with E-state index in [2.05, 4.69) is 36.0 Å². The SMILES string of the molecule is CN(C)c1nc(C(C)(C)C)c(-c2n[nH]c(=S)o2)s1. The minimum Gasteiger partial charge on any atom is -0.408 e. The van der Waals surface area contributed by atoms with Crippen molar-refractivity contribution in [3.63, 3.8) is 0 Å². The highest BCUT2D eigenvalue weighted by Gasteiger charge is 2.27. The van der Waals surface area contributed by atoms with E-state index in [1.165, 1.54) is 0 Å². The maximum atomic E-state index is 5.40. The fourth-order valence-corrected chi connectivity index (χ4v) is 2.73. The first kappa shape index (κ1) is 13.2. The van der Waals surface area contributed by atoms with Crippen molar-refractivity contribution in [1.29, 1.82) is 0 Å². The van der Waals surface area contributed by atoms with E-state index in [-0.39, 0.29) is 10.3 Å². The summed E-state index contributed by atoms with van der Waals surface area (Å²) in [6.45, 7) is 6.35. The van der Waals surface area contributed by atoms with Crippen LogP contribution in [0.1, 0.15) is 26.5 Å². The topological polar surface area (TPSA) is 58.0 Å². The lowest BCUT2D eigenvalue weighted by Gasteiger charge is -2.16. The Hall–Kier alpha value is -1.21. The molecule has 2 aromatic rings. The molecule has 2 heterocycles. The highest BCUT2D eigenvalue weighted by molar-refractivity contribution is 7.71. The second-order valence-corrected chi connectivity index (χ2v) is 6.59. The quantitative estimate of drug-likeness (QED) is 0.858. The molecule has 5 nitrogen and oxygen atoms in total. The van der Waals surface area contributed by atoms with Crippen LogP contribution in [0.5, 0.6) is 0 Å². The zero-order chi connectivity index (χ0) is 13.5. The van der Waals surface area contributed by atoms with Gasteiger partial charge in [-0.25, -0.2) is 10.1 Å². The van der Waals surface area contributed by atoms with Crippen molar-refractivity contribution in [3.05, 3.63) is 10.5 Å². The van der Waals surface area contributed by atoms with Crippen LogP contribution in [0.25, 0.3) is 10.8 Å². The Kier molecular flexibility index (Phi) is 3.29. The zero-order valence-electron chi connectivity index (χ0n) is 11.1. The molecule has 0 saturated heterocycles. The van der Waals surface area contributed by atoms with Gasteiger partial charge in [-0.15, -0.1) is 5.10 Å². The molecule has 0 atom stereocenters. The molecule has 0 aliphatic rings. The number of rotatable bonds is 2. The lowest BCUT2D eigenvalue weighted by molar-refractivity contribution is 0.542. The first-order chi connectivity index (χ1) is 8.29. The number of aromatic amines is 1. The second kappa shape index (κ2) is 4.47. The molecule has 7 heteroatoms. The van der Waals surface area contributed by atoms with Gasteiger partial charge in [0.05, 0.1) is 5.69 Å². The van der Waals surface area contributed by atoms with Gasteiger partial charge in [0.1, 0.15) is 4.88 Å². The fourth-order valence-electron chi connectivity index (χ4n) is 1.48. The summed E-state index contributed by atoms with van der Waals surface area (Å²) in [6, 6.07) is 0. The molecule has 2 rings (SSSR count). The number of anilines is 1. The normalized spacial score (nSPS) is 11.8. The van der Waals surface area contributed by atoms with Crippen molar-refractivity contribution >= 4 is 28.7 Å². The van der Waals surface area contributed by atoms with Crippen LogP contribution in [-0.2, 0) is 5.41 Å². The summed E-state index contributed by atoms with van der Waals surface area (Å²) in [7, 11) is 3.94. The molecule has 1 N–H and O–H groups in total. The van der Waals surface area contributed by atoms with Crippen molar-refractivity contribution in [2.75, 3.05) is 19.0 Å². The van der Waals surface area contributed by atoms with Crippen LogP contribution in [0.2, 0.25) is 0 Å². The third-order valence-corrected chi connectivity index (χ3v) is 3.73. The summed E-state index contributed by atoms with van der Waals surface area (Å²) in [6.07, 6.45) is 0. The van der Waals surface area contributed by atoms with Gasteiger partial charge in [0.15, 0.2) is 5.13 Å². The average molecular weight is 284 g/mol. The number of hydrogen-bond acceptors (Lipinski definition) is 6. The van der Waals surface area contributed by atoms with E-state index in [1.54, 1.807) is 11.3 Å². The van der Waals surface area contributed by atoms with Crippen LogP contribution < -0.4 is 4.90 Å². The Bertz CT molecular complexity index is 603. The maximum Gasteiger partial charge on any atom is 0.284 e. The molecule has 0 bridgehead atoms. The number of thiazole rings is 1. The summed E-state index contributed by atoms with van der Waals surface area (Å²) in [5.41, 5.74) is 0.900. The highest BCUT2D eigenvalue weighted by atomic mass is 32.1. The molecule has 0 spiro atoms. The Labute approximate surface area is 115 Å². The summed E-state index contributed by atoms with van der Waals surface area (Å²) in [4.78, 5) is 7.85. The minimum absolute atomic E-state index is 0.0732. The Morgan fingerprint density at radius 1 is 1.33 bits per heavy atom. The molecule has 0 unspecified atom stereocenters. The van der Waals surface area contributed by atoms with Gasteiger partial charge in [-0.2, -0.15) is 0 Å². The monoisotopic (exact) mass is 284 g/mol. The van der Waals surface area contributed by atoms with E-state index in [4.69, 9.17) is 16.6 Å². The average Bonchev–Trinajstić information content (AvgIpc) is 2.81. The van der Waals surface area contributed by atoms with Gasteiger partial charge >= 0.3 is 0 Å². The molecule has 2 aromatic heterocycles. The molecular weight excluding hydrogens is 268 g/mol. The van der Waals surface area contributed by atoms with E-state index < -0.39 is 0 Å². The largest absolute Gasteiger partial charge is 0.408 e. The third kappa shape index (κ3) is 2.46. The van der Waals surface area contributed by atoms with Crippen LogP contribution in [0.15, 0.2) is 4.42 Å². The summed E-state index contributed by atoms with van der Waals surface area (Å²) in [5, 5.41) is 7.67. The van der Waals surface area contributed by atoms with Crippen molar-refractivity contribution < 1.29 is 4.42 Å². The molecule has 0 aliphatic heterocycles. The third-order valence-electron chi connectivity index (χ3n) is 2.34. The van der Waals surface area contributed by atoms with Gasteiger partial charge in [-0.3, -0.25) is 0 Å². The van der Waals surface area contributed by atoms with Gasteiger partial charge in [-0.1, -0.05) is 32.1 Å². The predicted octanol–water partition coefficient (Wildman–Crippen LogP) is 3.22. The van der Waals surface area contributed by atoms with Crippen molar-refractivity contribution in [1.82, 2.24) is 15.2 Å². The van der Waals surface area contributed by atoms with E-state index in [0.29, 0.717) is 5.89 Å². The number of H-pyrrole nitrogens is 1. The molecule has 0 aliphatic carbocycles. The van der Waals surface area contributed by atoms with Crippen molar-refractivity contribution in [2.45, 2.75) is 26.2 Å². The number of nitrogens with zero attached hydrogens (tertiary/aromatic N) is 3. The molecule has 18 heavy (non-hydrogen) atoms. The van der Waals surface area contributed by atoms with Gasteiger partial charge in [0.2, 0.25) is 0 Å². The fraction of sp³-hybridized carbons (Fsp3) is 0.545. The highest BCUT2D eigenvalue weighted by Crippen LogP contribution is 2.39. The first-order valence-corrected chi connectivity index (χ1v) is 6.76. The van der Waals surface area contributed by atoms with Gasteiger partial charge in [0, 0.05) is 19.5 Å². The zero-order valence-corrected chi connectivity index (χ0v) is 12.7. The van der Waals surface area contributed by atoms with E-state index >= 15 is 0 Å². The smallest absolute Gasteiger partial charge is 0.284 e. The molecular formula is C11H16N4OS2. The van der Waals surface area contributed by atoms with Crippen LogP contribution in [0.3, 0.4) is 0 Å². The molecule has 0 saturated carbocycles. The molecule has 98 valence electrons. The van der Waals surface area contributed by atoms with Crippen LogP contribution in [0.4, 0.5) is 5.13 Å². The Morgan fingerprint density at radius 2 is 2.00 bits per heavy atom. The lowest BCUT2D eigenvalue weighted by Crippen LogP contribution is -2.14. The number of nitrogens with one attached hydrogen (secondary N) is 1. The molecule has 0 aromatic carbocycles. The van der Waals surface area contributed by atoms with E-state index in [0.717, 1.165) is 15.7 Å². The predicted molar refractivity (Wildman–Crippen MR) is 75.8 cm³/mol. The number of aromatic nitrogens is 3. The van der Waals surface area contributed by atoms with Crippen LogP contribution >= 0.6 is 23.6 Å². The first-order valence-electron chi connectivity index (χ1n) is 5.53. The summed E-state index contributed by atoms with van der Waals surface area (Å²) >= 11 is 6.47. The van der Waals surface area contributed by atoms with E-state index in [9.17, 15) is 0 Å².